The molecule has 3 aromatic rings. The summed E-state index contributed by atoms with van der Waals surface area (Å²) in [6, 6.07) is 11.9. The average Bonchev–Trinajstić information content (AvgIpc) is 3.48. The average molecular weight is 463 g/mol. The molecule has 2 saturated heterocycles. The van der Waals surface area contributed by atoms with Crippen molar-refractivity contribution in [2.24, 2.45) is 5.92 Å². The first kappa shape index (κ1) is 22.3. The summed E-state index contributed by atoms with van der Waals surface area (Å²) in [6.45, 7) is 5.67. The van der Waals surface area contributed by atoms with Crippen LogP contribution >= 0.6 is 0 Å². The van der Waals surface area contributed by atoms with Crippen molar-refractivity contribution in [3.05, 3.63) is 65.3 Å². The van der Waals surface area contributed by atoms with Gasteiger partial charge in [0.25, 0.3) is 0 Å². The molecule has 2 amide bonds. The smallest absolute Gasteiger partial charge is 0.230 e. The standard InChI is InChI=1S/C26H27FN4O3/c1-16-3-8-22(13-17(16)2)31-15-20(14-23(31)32)26(33)30-11-9-19(10-12-30)25-28-24(29-34-25)18-4-6-21(27)7-5-18/h3-8,13,19-20H,9-12,14-15H2,1-2H3/t20-/m1/s1. The first-order chi connectivity index (χ1) is 16.4. The Labute approximate surface area is 197 Å². The maximum Gasteiger partial charge on any atom is 0.230 e. The fourth-order valence-electron chi connectivity index (χ4n) is 4.74. The number of aromatic nitrogens is 2. The van der Waals surface area contributed by atoms with Crippen LogP contribution in [0.3, 0.4) is 0 Å². The molecule has 7 nitrogen and oxygen atoms in total. The van der Waals surface area contributed by atoms with E-state index >= 15 is 0 Å². The Bertz CT molecular complexity index is 1220. The molecule has 2 aliphatic heterocycles. The third-order valence-electron chi connectivity index (χ3n) is 6.98. The van der Waals surface area contributed by atoms with Gasteiger partial charge in [0, 0.05) is 43.2 Å². The number of nitrogens with zero attached hydrogens (tertiary/aromatic N) is 4. The molecule has 1 atom stereocenters. The lowest BCUT2D eigenvalue weighted by molar-refractivity contribution is -0.136. The van der Waals surface area contributed by atoms with Crippen molar-refractivity contribution in [2.45, 2.75) is 39.0 Å². The van der Waals surface area contributed by atoms with Crippen LogP contribution in [0.15, 0.2) is 47.0 Å². The van der Waals surface area contributed by atoms with E-state index < -0.39 is 0 Å². The largest absolute Gasteiger partial charge is 0.342 e. The summed E-state index contributed by atoms with van der Waals surface area (Å²) >= 11 is 0. The van der Waals surface area contributed by atoms with E-state index in [1.807, 2.05) is 36.9 Å². The van der Waals surface area contributed by atoms with Gasteiger partial charge in [-0.05, 0) is 74.2 Å². The molecule has 0 spiro atoms. The van der Waals surface area contributed by atoms with Crippen LogP contribution < -0.4 is 4.90 Å². The van der Waals surface area contributed by atoms with Crippen molar-refractivity contribution in [2.75, 3.05) is 24.5 Å². The van der Waals surface area contributed by atoms with E-state index in [0.717, 1.165) is 24.1 Å². The van der Waals surface area contributed by atoms with Gasteiger partial charge in [-0.1, -0.05) is 11.2 Å². The highest BCUT2D eigenvalue weighted by Gasteiger charge is 2.38. The molecule has 0 saturated carbocycles. The molecule has 176 valence electrons. The molecule has 0 bridgehead atoms. The van der Waals surface area contributed by atoms with Crippen molar-refractivity contribution in [3.63, 3.8) is 0 Å². The maximum atomic E-state index is 13.2. The second kappa shape index (κ2) is 9.00. The molecule has 2 fully saturated rings. The van der Waals surface area contributed by atoms with Crippen LogP contribution in [0.1, 0.15) is 42.2 Å². The molecule has 3 heterocycles. The summed E-state index contributed by atoms with van der Waals surface area (Å²) in [5, 5.41) is 4.03. The Balaban J connectivity index is 1.19. The van der Waals surface area contributed by atoms with Gasteiger partial charge in [0.05, 0.1) is 5.92 Å². The van der Waals surface area contributed by atoms with Crippen molar-refractivity contribution in [1.29, 1.82) is 0 Å². The van der Waals surface area contributed by atoms with E-state index in [4.69, 9.17) is 4.52 Å². The molecule has 0 N–H and O–H groups in total. The van der Waals surface area contributed by atoms with Crippen LogP contribution in [0.2, 0.25) is 0 Å². The third-order valence-corrected chi connectivity index (χ3v) is 6.98. The number of benzene rings is 2. The van der Waals surface area contributed by atoms with E-state index in [0.29, 0.717) is 36.9 Å². The fraction of sp³-hybridized carbons (Fsp3) is 0.385. The summed E-state index contributed by atoms with van der Waals surface area (Å²) in [7, 11) is 0. The molecule has 2 aromatic carbocycles. The topological polar surface area (TPSA) is 79.5 Å². The Morgan fingerprint density at radius 3 is 2.50 bits per heavy atom. The number of aryl methyl sites for hydroxylation is 2. The fourth-order valence-corrected chi connectivity index (χ4v) is 4.74. The highest BCUT2D eigenvalue weighted by Crippen LogP contribution is 2.32. The Morgan fingerprint density at radius 1 is 1.06 bits per heavy atom. The molecule has 8 heteroatoms. The van der Waals surface area contributed by atoms with Gasteiger partial charge in [0.1, 0.15) is 5.82 Å². The van der Waals surface area contributed by atoms with Crippen molar-refractivity contribution < 1.29 is 18.5 Å². The van der Waals surface area contributed by atoms with Crippen LogP contribution in [0, 0.1) is 25.6 Å². The van der Waals surface area contributed by atoms with Crippen molar-refractivity contribution in [3.8, 4) is 11.4 Å². The van der Waals surface area contributed by atoms with E-state index in [1.165, 1.54) is 17.7 Å². The van der Waals surface area contributed by atoms with Crippen LogP contribution in [0.5, 0.6) is 0 Å². The summed E-state index contributed by atoms with van der Waals surface area (Å²) in [5.41, 5.74) is 3.86. The Hall–Kier alpha value is -3.55. The molecule has 0 unspecified atom stereocenters. The number of piperidine rings is 1. The van der Waals surface area contributed by atoms with Crippen molar-refractivity contribution in [1.82, 2.24) is 15.0 Å². The first-order valence-electron chi connectivity index (χ1n) is 11.6. The molecular formula is C26H27FN4O3. The highest BCUT2D eigenvalue weighted by atomic mass is 19.1. The molecule has 2 aliphatic rings. The predicted octanol–water partition coefficient (Wildman–Crippen LogP) is 4.25. The van der Waals surface area contributed by atoms with E-state index in [2.05, 4.69) is 10.1 Å². The van der Waals surface area contributed by atoms with Gasteiger partial charge in [-0.3, -0.25) is 9.59 Å². The number of hydrogen-bond acceptors (Lipinski definition) is 5. The molecule has 34 heavy (non-hydrogen) atoms. The Kier molecular flexibility index (Phi) is 5.89. The zero-order chi connectivity index (χ0) is 23.8. The van der Waals surface area contributed by atoms with Gasteiger partial charge in [-0.25, -0.2) is 4.39 Å². The lowest BCUT2D eigenvalue weighted by Crippen LogP contribution is -2.42. The van der Waals surface area contributed by atoms with Gasteiger partial charge < -0.3 is 14.3 Å². The van der Waals surface area contributed by atoms with E-state index in [-0.39, 0.29) is 35.9 Å². The second-order valence-corrected chi connectivity index (χ2v) is 9.24. The van der Waals surface area contributed by atoms with Crippen LogP contribution in [0.4, 0.5) is 10.1 Å². The highest BCUT2D eigenvalue weighted by molar-refractivity contribution is 6.00. The molecule has 0 radical (unpaired) electrons. The summed E-state index contributed by atoms with van der Waals surface area (Å²) in [4.78, 5) is 33.9. The zero-order valence-electron chi connectivity index (χ0n) is 19.3. The normalized spacial score (nSPS) is 19.1. The van der Waals surface area contributed by atoms with Gasteiger partial charge in [-0.15, -0.1) is 0 Å². The minimum atomic E-state index is -0.320. The van der Waals surface area contributed by atoms with E-state index in [1.54, 1.807) is 17.0 Å². The Morgan fingerprint density at radius 2 is 1.79 bits per heavy atom. The van der Waals surface area contributed by atoms with Crippen LogP contribution in [-0.2, 0) is 9.59 Å². The van der Waals surface area contributed by atoms with Gasteiger partial charge in [0.15, 0.2) is 0 Å². The lowest BCUT2D eigenvalue weighted by atomic mass is 9.95. The summed E-state index contributed by atoms with van der Waals surface area (Å²) in [6.07, 6.45) is 1.69. The second-order valence-electron chi connectivity index (χ2n) is 9.24. The van der Waals surface area contributed by atoms with Crippen LogP contribution in [-0.4, -0.2) is 46.5 Å². The summed E-state index contributed by atoms with van der Waals surface area (Å²) < 4.78 is 18.6. The van der Waals surface area contributed by atoms with Gasteiger partial charge in [0.2, 0.25) is 23.5 Å². The molecule has 1 aromatic heterocycles. The monoisotopic (exact) mass is 462 g/mol. The number of hydrogen-bond donors (Lipinski definition) is 0. The number of anilines is 1. The minimum Gasteiger partial charge on any atom is -0.342 e. The number of likely N-dealkylation sites (tertiary alicyclic amines) is 1. The number of rotatable bonds is 4. The quantitative estimate of drug-likeness (QED) is 0.579. The SMILES string of the molecule is Cc1ccc(N2C[C@H](C(=O)N3CCC(c4nc(-c5ccc(F)cc5)no4)CC3)CC2=O)cc1C. The lowest BCUT2D eigenvalue weighted by Gasteiger charge is -2.32. The summed E-state index contributed by atoms with van der Waals surface area (Å²) in [5.74, 6) is 0.451. The zero-order valence-corrected chi connectivity index (χ0v) is 19.3. The molecular weight excluding hydrogens is 435 g/mol. The molecule has 0 aliphatic carbocycles. The number of carbonyl (C=O) groups is 2. The molecule has 5 rings (SSSR count). The third kappa shape index (κ3) is 4.32. The van der Waals surface area contributed by atoms with Gasteiger partial charge >= 0.3 is 0 Å². The van der Waals surface area contributed by atoms with Gasteiger partial charge in [-0.2, -0.15) is 4.98 Å². The van der Waals surface area contributed by atoms with Crippen molar-refractivity contribution >= 4 is 17.5 Å². The first-order valence-corrected chi connectivity index (χ1v) is 11.6. The predicted molar refractivity (Wildman–Crippen MR) is 125 cm³/mol. The van der Waals surface area contributed by atoms with Crippen LogP contribution in [0.25, 0.3) is 11.4 Å². The number of halogens is 1. The maximum absolute atomic E-state index is 13.2. The number of amides is 2. The number of carbonyl (C=O) groups excluding carboxylic acids is 2. The minimum absolute atomic E-state index is 0.00401. The van der Waals surface area contributed by atoms with E-state index in [9.17, 15) is 14.0 Å².